The average molecular weight is 1670 g/mol. The number of hydrogen-bond donors (Lipinski definition) is 0. The fourth-order valence-electron chi connectivity index (χ4n) is 19.1. The van der Waals surface area contributed by atoms with Gasteiger partial charge in [-0.1, -0.05) is 309 Å². The molecule has 9 heteroatoms. The SMILES string of the molecule is c1ccc(-n2c3ccccc3c3sc4cccc(-c5ccc(-c6ccc7c(c6)sc6ccccc67)cc5)c4c32)cc1.c1ccc(-n2c3ccccc3c3sc4cccc(-c5ccc(-c6ccc7sc8ccccc8c7c6)cc5)c4c32)cc1.c1ccc(-n2c3ccccc3c3sc4cccc(-c5ccc(-c6cccc7c6sc6ccccc67)cc5)c4c32)cc1. The second-order valence-electron chi connectivity index (χ2n) is 31.6. The van der Waals surface area contributed by atoms with Crippen LogP contribution in [0.25, 0.3) is 238 Å². The van der Waals surface area contributed by atoms with E-state index in [0.29, 0.717) is 0 Å². The average Bonchev–Trinajstić information content (AvgIpc) is 1.56. The molecule has 27 rings (SSSR count). The Labute approximate surface area is 731 Å². The van der Waals surface area contributed by atoms with E-state index < -0.39 is 0 Å². The predicted octanol–water partition coefficient (Wildman–Crippen LogP) is 35.1. The molecule has 18 aromatic carbocycles. The number of nitrogens with zero attached hydrogens (tertiary/aromatic N) is 3. The van der Waals surface area contributed by atoms with Crippen LogP contribution in [0.15, 0.2) is 419 Å². The van der Waals surface area contributed by atoms with E-state index in [-0.39, 0.29) is 0 Å². The second kappa shape index (κ2) is 29.4. The number of aromatic nitrogens is 3. The topological polar surface area (TPSA) is 14.8 Å². The number of fused-ring (bicyclic) bond motifs is 24. The Kier molecular flexibility index (Phi) is 17.1. The summed E-state index contributed by atoms with van der Waals surface area (Å²) in [6.07, 6.45) is 0. The van der Waals surface area contributed by atoms with Crippen molar-refractivity contribution in [2.24, 2.45) is 0 Å². The molecule has 0 bridgehead atoms. The Morgan fingerprint density at radius 3 is 0.862 bits per heavy atom. The third-order valence-electron chi connectivity index (χ3n) is 24.7. The van der Waals surface area contributed by atoms with Gasteiger partial charge in [-0.3, -0.25) is 0 Å². The molecule has 123 heavy (non-hydrogen) atoms. The van der Waals surface area contributed by atoms with Crippen LogP contribution in [0.5, 0.6) is 0 Å². The monoisotopic (exact) mass is 1670 g/mol. The Hall–Kier alpha value is -14.1. The molecule has 0 saturated heterocycles. The van der Waals surface area contributed by atoms with Gasteiger partial charge in [0.2, 0.25) is 0 Å². The maximum absolute atomic E-state index is 2.45. The molecular formula is C114H69N3S6. The summed E-state index contributed by atoms with van der Waals surface area (Å²) in [7, 11) is 0. The maximum Gasteiger partial charge on any atom is 0.0734 e. The Bertz CT molecular complexity index is 8830. The number of thiophene rings is 6. The first-order valence-corrected chi connectivity index (χ1v) is 46.5. The highest BCUT2D eigenvalue weighted by molar-refractivity contribution is 7.28. The molecule has 0 unspecified atom stereocenters. The summed E-state index contributed by atoms with van der Waals surface area (Å²) in [5, 5.41) is 16.0. The maximum atomic E-state index is 2.45. The normalized spacial score (nSPS) is 11.9. The van der Waals surface area contributed by atoms with Gasteiger partial charge in [-0.05, 0) is 176 Å². The van der Waals surface area contributed by atoms with E-state index in [1.807, 2.05) is 68.0 Å². The summed E-state index contributed by atoms with van der Waals surface area (Å²) in [6, 6.07) is 153. The Morgan fingerprint density at radius 1 is 0.146 bits per heavy atom. The van der Waals surface area contributed by atoms with Crippen LogP contribution in [0.3, 0.4) is 0 Å². The molecule has 9 heterocycles. The van der Waals surface area contributed by atoms with Crippen LogP contribution in [0.1, 0.15) is 0 Å². The van der Waals surface area contributed by atoms with Crippen LogP contribution >= 0.6 is 68.0 Å². The standard InChI is InChI=1S/3C38H23NS2/c1-2-10-26(11-3-1)39-32-17-6-4-13-31(32)38-36(39)35-27(14-9-19-34(35)41-38)24-20-22-25(23-21-24)28-15-8-16-30-29-12-5-7-18-33(29)40-37(28)30;1-2-9-27(10-3-1)39-32-14-6-4-12-31(32)38-37(39)36-28(13-8-16-34(36)41-38)25-19-17-24(18-20-25)26-21-22-30-29-11-5-7-15-33(29)40-35(30)23-26;1-2-9-27(10-3-1)39-32-14-6-4-12-30(32)38-37(39)36-28(13-8-16-35(36)41-38)25-19-17-24(18-20-25)26-21-22-34-31(23-26)29-11-5-7-15-33(29)40-34/h3*1-23H. The number of benzene rings is 18. The highest BCUT2D eigenvalue weighted by Crippen LogP contribution is 2.52. The molecule has 0 fully saturated rings. The first kappa shape index (κ1) is 71.8. The van der Waals surface area contributed by atoms with Crippen LogP contribution in [-0.4, -0.2) is 13.7 Å². The van der Waals surface area contributed by atoms with Gasteiger partial charge in [0.05, 0.1) is 47.2 Å². The zero-order valence-corrected chi connectivity index (χ0v) is 71.0. The lowest BCUT2D eigenvalue weighted by molar-refractivity contribution is 1.19. The Morgan fingerprint density at radius 2 is 0.423 bits per heavy atom. The third kappa shape index (κ3) is 11.8. The molecule has 0 N–H and O–H groups in total. The molecule has 0 amide bonds. The summed E-state index contributed by atoms with van der Waals surface area (Å²) in [5.74, 6) is 0. The van der Waals surface area contributed by atoms with Crippen molar-refractivity contribution in [1.82, 2.24) is 13.7 Å². The van der Waals surface area contributed by atoms with Crippen molar-refractivity contribution in [2.45, 2.75) is 0 Å². The van der Waals surface area contributed by atoms with Crippen molar-refractivity contribution >= 4 is 222 Å². The molecule has 0 saturated carbocycles. The first-order chi connectivity index (χ1) is 61.0. The molecular weight excluding hydrogens is 1600 g/mol. The van der Waals surface area contributed by atoms with Crippen LogP contribution in [-0.2, 0) is 0 Å². The summed E-state index contributed by atoms with van der Waals surface area (Å²) < 4.78 is 23.4. The summed E-state index contributed by atoms with van der Waals surface area (Å²) >= 11 is 11.3. The molecule has 0 atom stereocenters. The zero-order valence-electron chi connectivity index (χ0n) is 66.1. The molecule has 27 aromatic rings. The minimum absolute atomic E-state index is 1.19. The molecule has 0 radical (unpaired) electrons. The molecule has 0 aliphatic carbocycles. The van der Waals surface area contributed by atoms with Crippen LogP contribution in [0.2, 0.25) is 0 Å². The molecule has 576 valence electrons. The van der Waals surface area contributed by atoms with Gasteiger partial charge in [0, 0.05) is 124 Å². The van der Waals surface area contributed by atoms with Crippen molar-refractivity contribution in [3.63, 3.8) is 0 Å². The number of hydrogen-bond acceptors (Lipinski definition) is 6. The van der Waals surface area contributed by atoms with Crippen LogP contribution < -0.4 is 0 Å². The van der Waals surface area contributed by atoms with Crippen LogP contribution in [0, 0.1) is 0 Å². The largest absolute Gasteiger partial charge is 0.308 e. The van der Waals surface area contributed by atoms with Gasteiger partial charge in [-0.25, -0.2) is 0 Å². The van der Waals surface area contributed by atoms with Crippen LogP contribution in [0.4, 0.5) is 0 Å². The molecule has 0 spiro atoms. The first-order valence-electron chi connectivity index (χ1n) is 41.6. The molecule has 9 aromatic heterocycles. The minimum Gasteiger partial charge on any atom is -0.308 e. The van der Waals surface area contributed by atoms with Gasteiger partial charge >= 0.3 is 0 Å². The second-order valence-corrected chi connectivity index (χ2v) is 37.9. The van der Waals surface area contributed by atoms with E-state index >= 15 is 0 Å². The van der Waals surface area contributed by atoms with Gasteiger partial charge in [-0.2, -0.15) is 0 Å². The van der Waals surface area contributed by atoms with Crippen molar-refractivity contribution in [3.05, 3.63) is 419 Å². The lowest BCUT2D eigenvalue weighted by atomic mass is 9.97. The van der Waals surface area contributed by atoms with Crippen molar-refractivity contribution < 1.29 is 0 Å². The summed E-state index contributed by atoms with van der Waals surface area (Å²) in [6.45, 7) is 0. The van der Waals surface area contributed by atoms with E-state index in [4.69, 9.17) is 0 Å². The number of rotatable bonds is 9. The van der Waals surface area contributed by atoms with Gasteiger partial charge in [0.1, 0.15) is 0 Å². The minimum atomic E-state index is 1.19. The van der Waals surface area contributed by atoms with E-state index in [9.17, 15) is 0 Å². The van der Waals surface area contributed by atoms with Crippen molar-refractivity contribution in [2.75, 3.05) is 0 Å². The van der Waals surface area contributed by atoms with Gasteiger partial charge in [0.15, 0.2) is 0 Å². The summed E-state index contributed by atoms with van der Waals surface area (Å²) in [5.41, 5.74) is 26.4. The lowest BCUT2D eigenvalue weighted by Crippen LogP contribution is -1.93. The van der Waals surface area contributed by atoms with E-state index in [0.717, 1.165) is 0 Å². The van der Waals surface area contributed by atoms with Crippen molar-refractivity contribution in [3.8, 4) is 83.8 Å². The quantitative estimate of drug-likeness (QED) is 0.137. The predicted molar refractivity (Wildman–Crippen MR) is 540 cm³/mol. The van der Waals surface area contributed by atoms with Gasteiger partial charge in [-0.15, -0.1) is 68.0 Å². The summed E-state index contributed by atoms with van der Waals surface area (Å²) in [4.78, 5) is 0. The van der Waals surface area contributed by atoms with Gasteiger partial charge < -0.3 is 13.7 Å². The smallest absolute Gasteiger partial charge is 0.0734 e. The molecule has 3 nitrogen and oxygen atoms in total. The fraction of sp³-hybridized carbons (Fsp3) is 0. The lowest BCUT2D eigenvalue weighted by Gasteiger charge is -2.11. The number of para-hydroxylation sites is 6. The van der Waals surface area contributed by atoms with Crippen molar-refractivity contribution in [1.29, 1.82) is 0 Å². The Balaban J connectivity index is 0.000000101. The highest BCUT2D eigenvalue weighted by atomic mass is 32.1. The molecule has 0 aliphatic heterocycles. The third-order valence-corrected chi connectivity index (χ3v) is 31.7. The van der Waals surface area contributed by atoms with Gasteiger partial charge in [0.25, 0.3) is 0 Å². The van der Waals surface area contributed by atoms with E-state index in [2.05, 4.69) is 432 Å². The highest BCUT2D eigenvalue weighted by Gasteiger charge is 2.25. The zero-order chi connectivity index (χ0) is 80.7. The fourth-order valence-corrected chi connectivity index (χ4v) is 26.3. The van der Waals surface area contributed by atoms with E-state index in [1.165, 1.54) is 238 Å². The molecule has 0 aliphatic rings. The van der Waals surface area contributed by atoms with E-state index in [1.54, 1.807) is 0 Å².